The molecule has 3 aromatic rings. The molecule has 0 fully saturated rings. The van der Waals surface area contributed by atoms with Crippen molar-refractivity contribution >= 4 is 29.3 Å². The number of furan rings is 1. The zero-order chi connectivity index (χ0) is 18.5. The molecule has 6 heteroatoms. The van der Waals surface area contributed by atoms with E-state index in [2.05, 4.69) is 5.32 Å². The summed E-state index contributed by atoms with van der Waals surface area (Å²) >= 11 is 5.96. The molecular weight excluding hydrogens is 355 g/mol. The Kier molecular flexibility index (Phi) is 5.16. The summed E-state index contributed by atoms with van der Waals surface area (Å²) in [5, 5.41) is 12.3. The minimum absolute atomic E-state index is 0.166. The smallest absolute Gasteiger partial charge is 0.266 e. The Labute approximate surface area is 154 Å². The van der Waals surface area contributed by atoms with Gasteiger partial charge >= 0.3 is 0 Å². The third-order valence-corrected chi connectivity index (χ3v) is 3.71. The number of halogens is 2. The van der Waals surface area contributed by atoms with E-state index in [1.165, 1.54) is 24.3 Å². The lowest BCUT2D eigenvalue weighted by atomic mass is 10.2. The molecule has 1 N–H and O–H groups in total. The first-order valence-electron chi connectivity index (χ1n) is 7.59. The van der Waals surface area contributed by atoms with Gasteiger partial charge in [0, 0.05) is 22.3 Å². The Hall–Kier alpha value is -3.36. The van der Waals surface area contributed by atoms with E-state index < -0.39 is 11.7 Å². The van der Waals surface area contributed by atoms with E-state index in [0.717, 1.165) is 11.6 Å². The number of nitrogens with one attached hydrogen (secondary N) is 1. The van der Waals surface area contributed by atoms with Crippen LogP contribution in [0.2, 0.25) is 5.02 Å². The van der Waals surface area contributed by atoms with Crippen molar-refractivity contribution in [3.05, 3.63) is 82.8 Å². The van der Waals surface area contributed by atoms with Gasteiger partial charge in [-0.25, -0.2) is 4.39 Å². The number of nitrogens with zero attached hydrogens (tertiary/aromatic N) is 1. The fraction of sp³-hybridized carbons (Fsp3) is 0. The summed E-state index contributed by atoms with van der Waals surface area (Å²) in [6, 6.07) is 17.7. The molecule has 1 amide bonds. The Balaban J connectivity index is 1.81. The zero-order valence-electron chi connectivity index (χ0n) is 13.4. The standard InChI is InChI=1S/C20H12ClFN2O2/c21-15-4-1-3-13(9-15)19-8-7-18(26-19)10-14(12-23)20(25)24-17-6-2-5-16(22)11-17/h1-11H,(H,24,25)/b14-10+. The minimum Gasteiger partial charge on any atom is -0.457 e. The molecule has 0 bridgehead atoms. The maximum atomic E-state index is 13.2. The van der Waals surface area contributed by atoms with Gasteiger partial charge in [0.1, 0.15) is 29.0 Å². The molecule has 0 aliphatic heterocycles. The third kappa shape index (κ3) is 4.18. The highest BCUT2D eigenvalue weighted by molar-refractivity contribution is 6.30. The summed E-state index contributed by atoms with van der Waals surface area (Å²) in [6.45, 7) is 0. The molecule has 0 aliphatic carbocycles. The van der Waals surface area contributed by atoms with Gasteiger partial charge < -0.3 is 9.73 Å². The van der Waals surface area contributed by atoms with Crippen molar-refractivity contribution in [2.45, 2.75) is 0 Å². The van der Waals surface area contributed by atoms with E-state index in [1.807, 2.05) is 12.1 Å². The second kappa shape index (κ2) is 7.68. The van der Waals surface area contributed by atoms with Crippen LogP contribution in [0.25, 0.3) is 17.4 Å². The molecule has 0 radical (unpaired) electrons. The van der Waals surface area contributed by atoms with E-state index in [4.69, 9.17) is 16.0 Å². The summed E-state index contributed by atoms with van der Waals surface area (Å²) in [7, 11) is 0. The summed E-state index contributed by atoms with van der Waals surface area (Å²) in [6.07, 6.45) is 1.32. The molecule has 1 heterocycles. The van der Waals surface area contributed by atoms with E-state index in [0.29, 0.717) is 16.5 Å². The van der Waals surface area contributed by atoms with Crippen molar-refractivity contribution in [2.75, 3.05) is 5.32 Å². The van der Waals surface area contributed by atoms with Crippen LogP contribution in [0, 0.1) is 17.1 Å². The van der Waals surface area contributed by atoms with Gasteiger partial charge in [-0.2, -0.15) is 5.26 Å². The second-order valence-electron chi connectivity index (χ2n) is 5.35. The fourth-order valence-electron chi connectivity index (χ4n) is 2.28. The van der Waals surface area contributed by atoms with Gasteiger partial charge in [0.2, 0.25) is 0 Å². The predicted octanol–water partition coefficient (Wildman–Crippen LogP) is 5.28. The van der Waals surface area contributed by atoms with Gasteiger partial charge in [0.25, 0.3) is 5.91 Å². The number of rotatable bonds is 4. The highest BCUT2D eigenvalue weighted by Crippen LogP contribution is 2.25. The molecule has 0 spiro atoms. The molecule has 26 heavy (non-hydrogen) atoms. The predicted molar refractivity (Wildman–Crippen MR) is 97.8 cm³/mol. The number of benzene rings is 2. The number of hydrogen-bond donors (Lipinski definition) is 1. The minimum atomic E-state index is -0.654. The summed E-state index contributed by atoms with van der Waals surface area (Å²) in [4.78, 5) is 12.2. The van der Waals surface area contributed by atoms with Crippen molar-refractivity contribution in [3.8, 4) is 17.4 Å². The first kappa shape index (κ1) is 17.5. The first-order chi connectivity index (χ1) is 12.5. The average molecular weight is 367 g/mol. The van der Waals surface area contributed by atoms with Crippen LogP contribution in [0.1, 0.15) is 5.76 Å². The quantitative estimate of drug-likeness (QED) is 0.504. The van der Waals surface area contributed by atoms with Crippen molar-refractivity contribution in [1.82, 2.24) is 0 Å². The van der Waals surface area contributed by atoms with E-state index in [-0.39, 0.29) is 11.3 Å². The van der Waals surface area contributed by atoms with Crippen LogP contribution in [0.3, 0.4) is 0 Å². The third-order valence-electron chi connectivity index (χ3n) is 3.47. The number of amides is 1. The summed E-state index contributed by atoms with van der Waals surface area (Å²) in [5.74, 6) is -0.242. The van der Waals surface area contributed by atoms with Gasteiger partial charge in [-0.15, -0.1) is 0 Å². The van der Waals surface area contributed by atoms with E-state index >= 15 is 0 Å². The van der Waals surface area contributed by atoms with Crippen LogP contribution < -0.4 is 5.32 Å². The normalized spacial score (nSPS) is 11.0. The zero-order valence-corrected chi connectivity index (χ0v) is 14.1. The number of carbonyl (C=O) groups is 1. The summed E-state index contributed by atoms with van der Waals surface area (Å²) in [5.41, 5.74) is 0.872. The van der Waals surface area contributed by atoms with Crippen molar-refractivity contribution in [1.29, 1.82) is 5.26 Å². The molecule has 1 aromatic heterocycles. The van der Waals surface area contributed by atoms with Crippen molar-refractivity contribution < 1.29 is 13.6 Å². The first-order valence-corrected chi connectivity index (χ1v) is 7.97. The van der Waals surface area contributed by atoms with E-state index in [1.54, 1.807) is 30.3 Å². The van der Waals surface area contributed by atoms with Gasteiger partial charge in [0.15, 0.2) is 0 Å². The Morgan fingerprint density at radius 3 is 2.69 bits per heavy atom. The lowest BCUT2D eigenvalue weighted by Gasteiger charge is -2.03. The van der Waals surface area contributed by atoms with Crippen LogP contribution in [-0.2, 0) is 4.79 Å². The topological polar surface area (TPSA) is 66.0 Å². The molecule has 0 atom stereocenters. The number of nitriles is 1. The molecule has 0 saturated heterocycles. The largest absolute Gasteiger partial charge is 0.457 e. The monoisotopic (exact) mass is 366 g/mol. The molecule has 0 unspecified atom stereocenters. The van der Waals surface area contributed by atoms with Crippen LogP contribution in [0.5, 0.6) is 0 Å². The maximum absolute atomic E-state index is 13.2. The molecule has 2 aromatic carbocycles. The van der Waals surface area contributed by atoms with Gasteiger partial charge in [0.05, 0.1) is 0 Å². The Bertz CT molecular complexity index is 1030. The lowest BCUT2D eigenvalue weighted by molar-refractivity contribution is -0.112. The van der Waals surface area contributed by atoms with Gasteiger partial charge in [-0.3, -0.25) is 4.79 Å². The SMILES string of the molecule is N#C/C(=C\c1ccc(-c2cccc(Cl)c2)o1)C(=O)Nc1cccc(F)c1. The maximum Gasteiger partial charge on any atom is 0.266 e. The Morgan fingerprint density at radius 1 is 1.15 bits per heavy atom. The van der Waals surface area contributed by atoms with Crippen molar-refractivity contribution in [3.63, 3.8) is 0 Å². The highest BCUT2D eigenvalue weighted by atomic mass is 35.5. The van der Waals surface area contributed by atoms with Crippen LogP contribution in [0.4, 0.5) is 10.1 Å². The summed E-state index contributed by atoms with van der Waals surface area (Å²) < 4.78 is 18.8. The van der Waals surface area contributed by atoms with Gasteiger partial charge in [-0.05, 0) is 42.5 Å². The average Bonchev–Trinajstić information content (AvgIpc) is 3.08. The van der Waals surface area contributed by atoms with Gasteiger partial charge in [-0.1, -0.05) is 29.8 Å². The lowest BCUT2D eigenvalue weighted by Crippen LogP contribution is -2.13. The van der Waals surface area contributed by atoms with Crippen LogP contribution in [0.15, 0.2) is 70.7 Å². The second-order valence-corrected chi connectivity index (χ2v) is 5.78. The van der Waals surface area contributed by atoms with E-state index in [9.17, 15) is 14.4 Å². The highest BCUT2D eigenvalue weighted by Gasteiger charge is 2.12. The molecule has 4 nitrogen and oxygen atoms in total. The molecule has 128 valence electrons. The fourth-order valence-corrected chi connectivity index (χ4v) is 2.47. The molecule has 0 aliphatic rings. The van der Waals surface area contributed by atoms with Crippen LogP contribution >= 0.6 is 11.6 Å². The number of hydrogen-bond acceptors (Lipinski definition) is 3. The Morgan fingerprint density at radius 2 is 1.96 bits per heavy atom. The van der Waals surface area contributed by atoms with Crippen molar-refractivity contribution in [2.24, 2.45) is 0 Å². The molecule has 3 rings (SSSR count). The molecule has 0 saturated carbocycles. The van der Waals surface area contributed by atoms with Crippen LogP contribution in [-0.4, -0.2) is 5.91 Å². The number of anilines is 1. The number of carbonyl (C=O) groups excluding carboxylic acids is 1. The molecular formula is C20H12ClFN2O2.